The molecule has 3 aromatic rings. The van der Waals surface area contributed by atoms with E-state index in [1.54, 1.807) is 12.1 Å². The maximum absolute atomic E-state index is 10.9. The zero-order chi connectivity index (χ0) is 14.8. The number of anilines is 1. The van der Waals surface area contributed by atoms with Gasteiger partial charge in [-0.2, -0.15) is 0 Å². The van der Waals surface area contributed by atoms with E-state index in [1.807, 2.05) is 35.0 Å². The number of benzene rings is 1. The average Bonchev–Trinajstić information content (AvgIpc) is 2.89. The van der Waals surface area contributed by atoms with Crippen LogP contribution in [0.15, 0.2) is 53.3 Å². The monoisotopic (exact) mass is 346 g/mol. The molecule has 0 saturated carbocycles. The lowest BCUT2D eigenvalue weighted by Gasteiger charge is -2.04. The molecule has 0 amide bonds. The van der Waals surface area contributed by atoms with Crippen LogP contribution in [0.3, 0.4) is 0 Å². The van der Waals surface area contributed by atoms with E-state index in [0.29, 0.717) is 16.7 Å². The maximum atomic E-state index is 10.9. The number of pyridine rings is 1. The van der Waals surface area contributed by atoms with Crippen molar-refractivity contribution in [3.63, 3.8) is 0 Å². The van der Waals surface area contributed by atoms with Crippen LogP contribution in [-0.4, -0.2) is 14.3 Å². The molecule has 0 aliphatic rings. The van der Waals surface area contributed by atoms with Crippen molar-refractivity contribution in [2.24, 2.45) is 0 Å². The molecule has 6 nitrogen and oxygen atoms in total. The van der Waals surface area contributed by atoms with Crippen LogP contribution in [0.2, 0.25) is 0 Å². The summed E-state index contributed by atoms with van der Waals surface area (Å²) in [5.41, 5.74) is 2.46. The number of nitrogens with one attached hydrogen (secondary N) is 1. The number of imidazole rings is 1. The number of fused-ring (bicyclic) bond motifs is 1. The smallest absolute Gasteiger partial charge is 0.285 e. The summed E-state index contributed by atoms with van der Waals surface area (Å²) < 4.78 is 2.40. The van der Waals surface area contributed by atoms with Crippen LogP contribution in [0.1, 0.15) is 5.69 Å². The number of nitro benzene ring substituents is 1. The van der Waals surface area contributed by atoms with Gasteiger partial charge in [0.15, 0.2) is 0 Å². The summed E-state index contributed by atoms with van der Waals surface area (Å²) >= 11 is 3.17. The van der Waals surface area contributed by atoms with Crippen LogP contribution in [0.25, 0.3) is 5.65 Å². The van der Waals surface area contributed by atoms with Gasteiger partial charge in [0.1, 0.15) is 5.65 Å². The Bertz CT molecular complexity index is 783. The van der Waals surface area contributed by atoms with Gasteiger partial charge >= 0.3 is 0 Å². The van der Waals surface area contributed by atoms with Crippen molar-refractivity contribution >= 4 is 33.0 Å². The third-order valence-corrected chi connectivity index (χ3v) is 3.70. The number of nitro groups is 1. The summed E-state index contributed by atoms with van der Waals surface area (Å²) in [5.74, 6) is 0. The average molecular weight is 347 g/mol. The van der Waals surface area contributed by atoms with E-state index in [2.05, 4.69) is 26.2 Å². The maximum Gasteiger partial charge on any atom is 0.285 e. The molecule has 1 N–H and O–H groups in total. The van der Waals surface area contributed by atoms with Crippen LogP contribution >= 0.6 is 15.9 Å². The Morgan fingerprint density at radius 3 is 2.95 bits per heavy atom. The first-order valence-electron chi connectivity index (χ1n) is 6.24. The van der Waals surface area contributed by atoms with Gasteiger partial charge in [-0.25, -0.2) is 4.98 Å². The highest BCUT2D eigenvalue weighted by Gasteiger charge is 2.12. The molecule has 3 rings (SSSR count). The summed E-state index contributed by atoms with van der Waals surface area (Å²) in [7, 11) is 0. The lowest BCUT2D eigenvalue weighted by atomic mass is 10.3. The van der Waals surface area contributed by atoms with Gasteiger partial charge in [-0.05, 0) is 40.2 Å². The number of hydrogen-bond acceptors (Lipinski definition) is 4. The molecular weight excluding hydrogens is 336 g/mol. The van der Waals surface area contributed by atoms with Crippen LogP contribution in [0, 0.1) is 10.1 Å². The SMILES string of the molecule is O=[N+]([O-])c1cc(NCc2cn3ccccc3n2)ccc1Br. The van der Waals surface area contributed by atoms with Crippen molar-refractivity contribution < 1.29 is 4.92 Å². The van der Waals surface area contributed by atoms with E-state index >= 15 is 0 Å². The summed E-state index contributed by atoms with van der Waals surface area (Å²) in [5, 5.41) is 14.0. The van der Waals surface area contributed by atoms with E-state index in [4.69, 9.17) is 0 Å². The Labute approximate surface area is 128 Å². The zero-order valence-electron chi connectivity index (χ0n) is 10.9. The van der Waals surface area contributed by atoms with Crippen molar-refractivity contribution in [1.82, 2.24) is 9.38 Å². The van der Waals surface area contributed by atoms with Crippen molar-refractivity contribution in [2.45, 2.75) is 6.54 Å². The standard InChI is InChI=1S/C14H11BrN4O2/c15-12-5-4-10(7-13(12)19(20)21)16-8-11-9-18-6-2-1-3-14(18)17-11/h1-7,9,16H,8H2. The van der Waals surface area contributed by atoms with Crippen molar-refractivity contribution in [3.05, 3.63) is 69.1 Å². The Kier molecular flexibility index (Phi) is 3.57. The van der Waals surface area contributed by atoms with E-state index in [-0.39, 0.29) is 5.69 Å². The fraction of sp³-hybridized carbons (Fsp3) is 0.0714. The molecule has 2 heterocycles. The van der Waals surface area contributed by atoms with Gasteiger partial charge in [-0.3, -0.25) is 10.1 Å². The van der Waals surface area contributed by atoms with Crippen LogP contribution < -0.4 is 5.32 Å². The molecule has 0 atom stereocenters. The second-order valence-corrected chi connectivity index (χ2v) is 5.33. The summed E-state index contributed by atoms with van der Waals surface area (Å²) in [6.07, 6.45) is 3.85. The minimum absolute atomic E-state index is 0.0370. The molecule has 0 fully saturated rings. The third-order valence-electron chi connectivity index (χ3n) is 3.03. The molecule has 21 heavy (non-hydrogen) atoms. The van der Waals surface area contributed by atoms with Gasteiger partial charge in [-0.1, -0.05) is 6.07 Å². The molecule has 106 valence electrons. The fourth-order valence-electron chi connectivity index (χ4n) is 2.03. The van der Waals surface area contributed by atoms with Crippen molar-refractivity contribution in [2.75, 3.05) is 5.32 Å². The first-order chi connectivity index (χ1) is 10.1. The van der Waals surface area contributed by atoms with E-state index in [9.17, 15) is 10.1 Å². The molecule has 0 radical (unpaired) electrons. The Morgan fingerprint density at radius 1 is 1.33 bits per heavy atom. The van der Waals surface area contributed by atoms with Gasteiger partial charge < -0.3 is 9.72 Å². The second kappa shape index (κ2) is 5.53. The molecule has 0 aliphatic carbocycles. The number of aromatic nitrogens is 2. The van der Waals surface area contributed by atoms with Crippen molar-refractivity contribution in [3.8, 4) is 0 Å². The Hall–Kier alpha value is -2.41. The van der Waals surface area contributed by atoms with Crippen molar-refractivity contribution in [1.29, 1.82) is 0 Å². The highest BCUT2D eigenvalue weighted by atomic mass is 79.9. The Balaban J connectivity index is 1.78. The molecule has 7 heteroatoms. The number of nitrogens with zero attached hydrogens (tertiary/aromatic N) is 3. The van der Waals surface area contributed by atoms with E-state index in [0.717, 1.165) is 11.3 Å². The third kappa shape index (κ3) is 2.87. The fourth-order valence-corrected chi connectivity index (χ4v) is 2.42. The Morgan fingerprint density at radius 2 is 2.19 bits per heavy atom. The van der Waals surface area contributed by atoms with Gasteiger partial charge in [0.25, 0.3) is 5.69 Å². The molecule has 0 bridgehead atoms. The largest absolute Gasteiger partial charge is 0.379 e. The molecule has 0 spiro atoms. The number of halogens is 1. The van der Waals surface area contributed by atoms with Crippen LogP contribution in [0.5, 0.6) is 0 Å². The first-order valence-corrected chi connectivity index (χ1v) is 7.03. The van der Waals surface area contributed by atoms with Gasteiger partial charge in [0, 0.05) is 24.1 Å². The van der Waals surface area contributed by atoms with Crippen LogP contribution in [0.4, 0.5) is 11.4 Å². The van der Waals surface area contributed by atoms with Crippen LogP contribution in [-0.2, 0) is 6.54 Å². The second-order valence-electron chi connectivity index (χ2n) is 4.48. The molecule has 1 aromatic carbocycles. The normalized spacial score (nSPS) is 10.7. The van der Waals surface area contributed by atoms with Gasteiger partial charge in [-0.15, -0.1) is 0 Å². The molecule has 0 unspecified atom stereocenters. The van der Waals surface area contributed by atoms with Gasteiger partial charge in [0.05, 0.1) is 21.6 Å². The molecule has 0 aliphatic heterocycles. The number of hydrogen-bond donors (Lipinski definition) is 1. The highest BCUT2D eigenvalue weighted by molar-refractivity contribution is 9.10. The topological polar surface area (TPSA) is 72.5 Å². The molecule has 2 aromatic heterocycles. The zero-order valence-corrected chi connectivity index (χ0v) is 12.4. The lowest BCUT2D eigenvalue weighted by molar-refractivity contribution is -0.385. The number of rotatable bonds is 4. The quantitative estimate of drug-likeness (QED) is 0.578. The summed E-state index contributed by atoms with van der Waals surface area (Å²) in [6, 6.07) is 10.7. The predicted molar refractivity (Wildman–Crippen MR) is 83.3 cm³/mol. The lowest BCUT2D eigenvalue weighted by Crippen LogP contribution is -2.00. The van der Waals surface area contributed by atoms with Gasteiger partial charge in [0.2, 0.25) is 0 Å². The van der Waals surface area contributed by atoms with E-state index in [1.165, 1.54) is 6.07 Å². The highest BCUT2D eigenvalue weighted by Crippen LogP contribution is 2.27. The minimum Gasteiger partial charge on any atom is -0.379 e. The predicted octanol–water partition coefficient (Wildman–Crippen LogP) is 3.62. The molecular formula is C14H11BrN4O2. The summed E-state index contributed by atoms with van der Waals surface area (Å²) in [4.78, 5) is 14.9. The first kappa shape index (κ1) is 13.6. The molecule has 0 saturated heterocycles. The van der Waals surface area contributed by atoms with E-state index < -0.39 is 4.92 Å². The minimum atomic E-state index is -0.416. The summed E-state index contributed by atoms with van der Waals surface area (Å²) in [6.45, 7) is 0.500.